The van der Waals surface area contributed by atoms with Crippen molar-refractivity contribution in [2.24, 2.45) is 0 Å². The van der Waals surface area contributed by atoms with Gasteiger partial charge in [-0.2, -0.15) is 4.39 Å². The summed E-state index contributed by atoms with van der Waals surface area (Å²) in [4.78, 5) is 3.11. The number of pyridine rings is 1. The van der Waals surface area contributed by atoms with E-state index in [1.54, 1.807) is 0 Å². The van der Waals surface area contributed by atoms with E-state index in [9.17, 15) is 13.2 Å². The van der Waals surface area contributed by atoms with Gasteiger partial charge in [0.25, 0.3) is 6.43 Å². The van der Waals surface area contributed by atoms with Crippen molar-refractivity contribution >= 4 is 27.5 Å². The molecule has 0 bridgehead atoms. The number of alkyl halides is 3. The zero-order chi connectivity index (χ0) is 10.0. The van der Waals surface area contributed by atoms with Crippen molar-refractivity contribution in [3.05, 3.63) is 28.3 Å². The molecule has 0 aliphatic rings. The average Bonchev–Trinajstić information content (AvgIpc) is 2.07. The largest absolute Gasteiger partial charge is 0.268 e. The molecule has 1 aromatic rings. The third-order valence-electron chi connectivity index (χ3n) is 1.48. The summed E-state index contributed by atoms with van der Waals surface area (Å²) < 4.78 is 37.4. The van der Waals surface area contributed by atoms with E-state index in [4.69, 9.17) is 11.6 Å². The molecule has 6 heteroatoms. The standard InChI is InChI=1S/C7H4BrClF3N/c8-1-3-4(9)2-13-7(12)5(3)6(10)11/h2,6H,1H2. The van der Waals surface area contributed by atoms with Gasteiger partial charge in [-0.05, 0) is 5.56 Å². The Bertz CT molecular complexity index is 319. The molecule has 0 amide bonds. The van der Waals surface area contributed by atoms with Gasteiger partial charge in [-0.25, -0.2) is 13.8 Å². The van der Waals surface area contributed by atoms with Gasteiger partial charge in [-0.1, -0.05) is 27.5 Å². The summed E-state index contributed by atoms with van der Waals surface area (Å²) in [5.74, 6) is -1.17. The molecule has 0 saturated heterocycles. The van der Waals surface area contributed by atoms with Crippen LogP contribution in [0.5, 0.6) is 0 Å². The second kappa shape index (κ2) is 4.28. The van der Waals surface area contributed by atoms with Crippen LogP contribution in [0.3, 0.4) is 0 Å². The molecule has 0 saturated carbocycles. The molecule has 0 unspecified atom stereocenters. The van der Waals surface area contributed by atoms with E-state index in [0.29, 0.717) is 0 Å². The molecule has 13 heavy (non-hydrogen) atoms. The van der Waals surface area contributed by atoms with E-state index in [-0.39, 0.29) is 15.9 Å². The van der Waals surface area contributed by atoms with Gasteiger partial charge in [0.15, 0.2) is 0 Å². The van der Waals surface area contributed by atoms with Crippen LogP contribution in [0.15, 0.2) is 6.20 Å². The van der Waals surface area contributed by atoms with Crippen LogP contribution in [-0.2, 0) is 5.33 Å². The first-order valence-electron chi connectivity index (χ1n) is 3.24. The molecule has 0 aromatic carbocycles. The Kier molecular flexibility index (Phi) is 3.55. The normalized spacial score (nSPS) is 10.9. The van der Waals surface area contributed by atoms with E-state index in [1.807, 2.05) is 0 Å². The number of nitrogens with zero attached hydrogens (tertiary/aromatic N) is 1. The van der Waals surface area contributed by atoms with Gasteiger partial charge in [-0.15, -0.1) is 0 Å². The Morgan fingerprint density at radius 3 is 2.54 bits per heavy atom. The topological polar surface area (TPSA) is 12.9 Å². The third-order valence-corrected chi connectivity index (χ3v) is 2.37. The first-order chi connectivity index (χ1) is 6.07. The summed E-state index contributed by atoms with van der Waals surface area (Å²) in [7, 11) is 0. The van der Waals surface area contributed by atoms with Crippen molar-refractivity contribution in [3.63, 3.8) is 0 Å². The van der Waals surface area contributed by atoms with Crippen molar-refractivity contribution in [2.45, 2.75) is 11.8 Å². The van der Waals surface area contributed by atoms with Crippen LogP contribution in [0, 0.1) is 5.95 Å². The first kappa shape index (κ1) is 10.8. The Labute approximate surface area is 86.0 Å². The molecule has 1 aromatic heterocycles. The predicted molar refractivity (Wildman–Crippen MR) is 46.8 cm³/mol. The molecule has 1 heterocycles. The van der Waals surface area contributed by atoms with Crippen LogP contribution in [0.1, 0.15) is 17.6 Å². The summed E-state index contributed by atoms with van der Waals surface area (Å²) >= 11 is 8.50. The van der Waals surface area contributed by atoms with Crippen LogP contribution < -0.4 is 0 Å². The van der Waals surface area contributed by atoms with Crippen molar-refractivity contribution < 1.29 is 13.2 Å². The third kappa shape index (κ3) is 2.14. The Morgan fingerprint density at radius 2 is 2.15 bits per heavy atom. The number of hydrogen-bond donors (Lipinski definition) is 0. The Morgan fingerprint density at radius 1 is 1.54 bits per heavy atom. The fraction of sp³-hybridized carbons (Fsp3) is 0.286. The maximum atomic E-state index is 12.8. The minimum atomic E-state index is -2.90. The maximum absolute atomic E-state index is 12.8. The number of hydrogen-bond acceptors (Lipinski definition) is 1. The quantitative estimate of drug-likeness (QED) is 0.592. The molecule has 0 aliphatic heterocycles. The summed E-state index contributed by atoms with van der Waals surface area (Å²) in [6, 6.07) is 0. The van der Waals surface area contributed by atoms with Gasteiger partial charge >= 0.3 is 0 Å². The smallest absolute Gasteiger partial charge is 0.226 e. The summed E-state index contributed by atoms with van der Waals surface area (Å²) in [6.45, 7) is 0. The highest BCUT2D eigenvalue weighted by molar-refractivity contribution is 9.08. The minimum Gasteiger partial charge on any atom is -0.226 e. The first-order valence-corrected chi connectivity index (χ1v) is 4.74. The van der Waals surface area contributed by atoms with E-state index in [0.717, 1.165) is 6.20 Å². The fourth-order valence-electron chi connectivity index (χ4n) is 0.872. The summed E-state index contributed by atoms with van der Waals surface area (Å²) in [5.41, 5.74) is -0.687. The average molecular weight is 274 g/mol. The summed E-state index contributed by atoms with van der Waals surface area (Å²) in [6.07, 6.45) is -1.89. The zero-order valence-corrected chi connectivity index (χ0v) is 8.54. The molecule has 0 aliphatic carbocycles. The molecule has 1 rings (SSSR count). The number of aromatic nitrogens is 1. The second-order valence-corrected chi connectivity index (χ2v) is 3.19. The van der Waals surface area contributed by atoms with Crippen LogP contribution in [0.25, 0.3) is 0 Å². The molecule has 0 N–H and O–H groups in total. The lowest BCUT2D eigenvalue weighted by molar-refractivity contribution is 0.144. The van der Waals surface area contributed by atoms with E-state index < -0.39 is 17.9 Å². The monoisotopic (exact) mass is 273 g/mol. The zero-order valence-electron chi connectivity index (χ0n) is 6.20. The van der Waals surface area contributed by atoms with E-state index >= 15 is 0 Å². The van der Waals surface area contributed by atoms with Crippen molar-refractivity contribution in [1.29, 1.82) is 0 Å². The SMILES string of the molecule is Fc1ncc(Cl)c(CBr)c1C(F)F. The molecule has 1 nitrogen and oxygen atoms in total. The lowest BCUT2D eigenvalue weighted by atomic mass is 10.1. The highest BCUT2D eigenvalue weighted by Gasteiger charge is 2.21. The van der Waals surface area contributed by atoms with Gasteiger partial charge in [0.1, 0.15) is 0 Å². The predicted octanol–water partition coefficient (Wildman–Crippen LogP) is 3.71. The van der Waals surface area contributed by atoms with Crippen molar-refractivity contribution in [3.8, 4) is 0 Å². The van der Waals surface area contributed by atoms with Crippen LogP contribution in [-0.4, -0.2) is 4.98 Å². The lowest BCUT2D eigenvalue weighted by Gasteiger charge is -2.07. The van der Waals surface area contributed by atoms with E-state index in [1.165, 1.54) is 0 Å². The van der Waals surface area contributed by atoms with Crippen LogP contribution in [0.4, 0.5) is 13.2 Å². The van der Waals surface area contributed by atoms with Crippen molar-refractivity contribution in [2.75, 3.05) is 0 Å². The Hall–Kier alpha value is -0.290. The van der Waals surface area contributed by atoms with E-state index in [2.05, 4.69) is 20.9 Å². The van der Waals surface area contributed by atoms with Gasteiger partial charge in [0.2, 0.25) is 5.95 Å². The molecule has 0 fully saturated rings. The minimum absolute atomic E-state index is 0.0357. The number of rotatable bonds is 2. The fourth-order valence-corrected chi connectivity index (χ4v) is 1.85. The van der Waals surface area contributed by atoms with Gasteiger partial charge in [0.05, 0.1) is 10.6 Å². The van der Waals surface area contributed by atoms with Gasteiger partial charge in [-0.3, -0.25) is 0 Å². The second-order valence-electron chi connectivity index (χ2n) is 2.22. The Balaban J connectivity index is 3.35. The molecule has 0 radical (unpaired) electrons. The highest BCUT2D eigenvalue weighted by Crippen LogP contribution is 2.30. The van der Waals surface area contributed by atoms with Crippen molar-refractivity contribution in [1.82, 2.24) is 4.98 Å². The number of halogens is 5. The molecule has 72 valence electrons. The maximum Gasteiger partial charge on any atom is 0.268 e. The lowest BCUT2D eigenvalue weighted by Crippen LogP contribution is -2.00. The van der Waals surface area contributed by atoms with Gasteiger partial charge < -0.3 is 0 Å². The molecule has 0 atom stereocenters. The highest BCUT2D eigenvalue weighted by atomic mass is 79.9. The van der Waals surface area contributed by atoms with Gasteiger partial charge in [0, 0.05) is 11.5 Å². The van der Waals surface area contributed by atoms with Crippen LogP contribution >= 0.6 is 27.5 Å². The molecule has 0 spiro atoms. The van der Waals surface area contributed by atoms with Crippen LogP contribution in [0.2, 0.25) is 5.02 Å². The molecular weight excluding hydrogens is 270 g/mol. The molecular formula is C7H4BrClF3N. The summed E-state index contributed by atoms with van der Waals surface area (Å²) in [5, 5.41) is 0.110.